The number of benzene rings is 2. The summed E-state index contributed by atoms with van der Waals surface area (Å²) in [5.74, 6) is -0.0287. The Balaban J connectivity index is 2.56. The SMILES string of the molecule is COc1ccc2cc([C@](C)(SC)C(=O)O)ccc2c1. The number of ether oxygens (including phenoxy) is 1. The summed E-state index contributed by atoms with van der Waals surface area (Å²) in [6.07, 6.45) is 1.81. The van der Waals surface area contributed by atoms with Gasteiger partial charge in [-0.3, -0.25) is 4.79 Å². The normalized spacial score (nSPS) is 14.1. The molecule has 0 aromatic heterocycles. The van der Waals surface area contributed by atoms with Crippen LogP contribution in [0.5, 0.6) is 5.75 Å². The molecule has 1 atom stereocenters. The Morgan fingerprint density at radius 3 is 2.42 bits per heavy atom. The second kappa shape index (κ2) is 5.13. The molecule has 0 aliphatic heterocycles. The van der Waals surface area contributed by atoms with Crippen LogP contribution in [0.2, 0.25) is 0 Å². The molecule has 0 radical (unpaired) electrons. The van der Waals surface area contributed by atoms with Gasteiger partial charge in [-0.05, 0) is 47.7 Å². The zero-order valence-electron chi connectivity index (χ0n) is 11.1. The largest absolute Gasteiger partial charge is 0.497 e. The maximum Gasteiger partial charge on any atom is 0.324 e. The summed E-state index contributed by atoms with van der Waals surface area (Å²) >= 11 is 1.33. The molecule has 0 heterocycles. The summed E-state index contributed by atoms with van der Waals surface area (Å²) in [7, 11) is 1.63. The summed E-state index contributed by atoms with van der Waals surface area (Å²) in [5, 5.41) is 11.5. The minimum atomic E-state index is -0.923. The maximum absolute atomic E-state index is 11.4. The van der Waals surface area contributed by atoms with Crippen LogP contribution in [0, 0.1) is 0 Å². The van der Waals surface area contributed by atoms with E-state index in [-0.39, 0.29) is 0 Å². The molecular weight excluding hydrogens is 260 g/mol. The Labute approximate surface area is 116 Å². The van der Waals surface area contributed by atoms with Gasteiger partial charge in [-0.1, -0.05) is 18.2 Å². The smallest absolute Gasteiger partial charge is 0.324 e. The van der Waals surface area contributed by atoms with Crippen molar-refractivity contribution >= 4 is 28.5 Å². The van der Waals surface area contributed by atoms with E-state index in [0.29, 0.717) is 0 Å². The molecule has 4 heteroatoms. The molecule has 2 aromatic carbocycles. The van der Waals surface area contributed by atoms with E-state index < -0.39 is 10.7 Å². The molecule has 1 N–H and O–H groups in total. The molecule has 0 unspecified atom stereocenters. The highest BCUT2D eigenvalue weighted by Gasteiger charge is 2.34. The Morgan fingerprint density at radius 1 is 1.21 bits per heavy atom. The van der Waals surface area contributed by atoms with Gasteiger partial charge in [0.1, 0.15) is 10.5 Å². The van der Waals surface area contributed by atoms with Crippen molar-refractivity contribution in [3.05, 3.63) is 42.0 Å². The van der Waals surface area contributed by atoms with Crippen molar-refractivity contribution in [3.8, 4) is 5.75 Å². The lowest BCUT2D eigenvalue weighted by molar-refractivity contribution is -0.139. The number of carboxylic acids is 1. The third kappa shape index (κ3) is 2.40. The quantitative estimate of drug-likeness (QED) is 0.928. The molecule has 0 fully saturated rings. The summed E-state index contributed by atoms with van der Waals surface area (Å²) in [5.41, 5.74) is 0.796. The zero-order valence-corrected chi connectivity index (χ0v) is 12.0. The third-order valence-corrected chi connectivity index (χ3v) is 4.64. The first kappa shape index (κ1) is 13.7. The minimum absolute atomic E-state index is 0.796. The predicted octanol–water partition coefficient (Wildman–Crippen LogP) is 3.51. The van der Waals surface area contributed by atoms with Crippen LogP contribution in [0.25, 0.3) is 10.8 Å². The second-order valence-corrected chi connectivity index (χ2v) is 5.70. The molecule has 100 valence electrons. The van der Waals surface area contributed by atoms with Crippen molar-refractivity contribution < 1.29 is 14.6 Å². The average Bonchev–Trinajstić information content (AvgIpc) is 2.44. The molecule has 0 spiro atoms. The Hall–Kier alpha value is -1.68. The first-order valence-electron chi connectivity index (χ1n) is 5.88. The number of rotatable bonds is 4. The highest BCUT2D eigenvalue weighted by molar-refractivity contribution is 8.00. The zero-order chi connectivity index (χ0) is 14.0. The average molecular weight is 276 g/mol. The van der Waals surface area contributed by atoms with Crippen molar-refractivity contribution in [2.75, 3.05) is 13.4 Å². The van der Waals surface area contributed by atoms with Crippen LogP contribution in [0.15, 0.2) is 36.4 Å². The lowest BCUT2D eigenvalue weighted by atomic mass is 9.97. The monoisotopic (exact) mass is 276 g/mol. The standard InChI is InChI=1S/C15H16O3S/c1-15(19-3,14(16)17)12-6-4-11-9-13(18-2)7-5-10(11)8-12/h4-9H,1-3H3,(H,16,17)/t15-/m0/s1. The van der Waals surface area contributed by atoms with E-state index in [4.69, 9.17) is 4.74 Å². The molecule has 3 nitrogen and oxygen atoms in total. The molecule has 0 saturated carbocycles. The van der Waals surface area contributed by atoms with Gasteiger partial charge < -0.3 is 9.84 Å². The molecular formula is C15H16O3S. The second-order valence-electron chi connectivity index (χ2n) is 4.47. The Morgan fingerprint density at radius 2 is 1.84 bits per heavy atom. The van der Waals surface area contributed by atoms with Crippen LogP contribution in [0.1, 0.15) is 12.5 Å². The van der Waals surface area contributed by atoms with E-state index in [9.17, 15) is 9.90 Å². The highest BCUT2D eigenvalue weighted by Crippen LogP contribution is 2.36. The van der Waals surface area contributed by atoms with Crippen LogP contribution in [-0.4, -0.2) is 24.4 Å². The lowest BCUT2D eigenvalue weighted by Gasteiger charge is -2.23. The van der Waals surface area contributed by atoms with Crippen LogP contribution in [0.3, 0.4) is 0 Å². The first-order chi connectivity index (χ1) is 9.01. The van der Waals surface area contributed by atoms with E-state index in [1.165, 1.54) is 11.8 Å². The lowest BCUT2D eigenvalue weighted by Crippen LogP contribution is -2.28. The van der Waals surface area contributed by atoms with Crippen molar-refractivity contribution in [1.82, 2.24) is 0 Å². The van der Waals surface area contributed by atoms with Gasteiger partial charge in [0.2, 0.25) is 0 Å². The number of fused-ring (bicyclic) bond motifs is 1. The van der Waals surface area contributed by atoms with Gasteiger partial charge in [0, 0.05) is 0 Å². The molecule has 0 aliphatic rings. The topological polar surface area (TPSA) is 46.5 Å². The van der Waals surface area contributed by atoms with Crippen molar-refractivity contribution in [2.45, 2.75) is 11.7 Å². The fourth-order valence-electron chi connectivity index (χ4n) is 1.98. The van der Waals surface area contributed by atoms with Crippen LogP contribution in [-0.2, 0) is 9.54 Å². The van der Waals surface area contributed by atoms with E-state index in [0.717, 1.165) is 22.1 Å². The summed E-state index contributed by atoms with van der Waals surface area (Å²) in [6, 6.07) is 11.5. The number of hydrogen-bond donors (Lipinski definition) is 1. The van der Waals surface area contributed by atoms with Crippen molar-refractivity contribution in [2.24, 2.45) is 0 Å². The number of hydrogen-bond acceptors (Lipinski definition) is 3. The van der Waals surface area contributed by atoms with E-state index >= 15 is 0 Å². The molecule has 19 heavy (non-hydrogen) atoms. The molecule has 0 aliphatic carbocycles. The van der Waals surface area contributed by atoms with Crippen LogP contribution < -0.4 is 4.74 Å². The minimum Gasteiger partial charge on any atom is -0.497 e. The molecule has 2 rings (SSSR count). The number of methoxy groups -OCH3 is 1. The van der Waals surface area contributed by atoms with Gasteiger partial charge in [0.05, 0.1) is 7.11 Å². The predicted molar refractivity (Wildman–Crippen MR) is 79.0 cm³/mol. The van der Waals surface area contributed by atoms with Crippen molar-refractivity contribution in [1.29, 1.82) is 0 Å². The van der Waals surface area contributed by atoms with Gasteiger partial charge in [-0.2, -0.15) is 0 Å². The Kier molecular flexibility index (Phi) is 3.71. The van der Waals surface area contributed by atoms with Crippen LogP contribution >= 0.6 is 11.8 Å². The molecule has 0 saturated heterocycles. The van der Waals surface area contributed by atoms with Crippen LogP contribution in [0.4, 0.5) is 0 Å². The van der Waals surface area contributed by atoms with E-state index in [1.807, 2.05) is 42.7 Å². The van der Waals surface area contributed by atoms with Gasteiger partial charge in [0.25, 0.3) is 0 Å². The summed E-state index contributed by atoms with van der Waals surface area (Å²) in [6.45, 7) is 1.73. The molecule has 0 bridgehead atoms. The number of carboxylic acid groups (broad SMARTS) is 1. The summed E-state index contributed by atoms with van der Waals surface area (Å²) in [4.78, 5) is 11.4. The first-order valence-corrected chi connectivity index (χ1v) is 7.10. The van der Waals surface area contributed by atoms with Gasteiger partial charge in [-0.15, -0.1) is 11.8 Å². The Bertz CT molecular complexity index is 624. The number of aliphatic carboxylic acids is 1. The fourth-order valence-corrected chi connectivity index (χ4v) is 2.51. The number of thioether (sulfide) groups is 1. The van der Waals surface area contributed by atoms with Gasteiger partial charge in [-0.25, -0.2) is 0 Å². The van der Waals surface area contributed by atoms with Gasteiger partial charge >= 0.3 is 5.97 Å². The number of carbonyl (C=O) groups is 1. The third-order valence-electron chi connectivity index (χ3n) is 3.41. The van der Waals surface area contributed by atoms with Gasteiger partial charge in [0.15, 0.2) is 0 Å². The fraction of sp³-hybridized carbons (Fsp3) is 0.267. The maximum atomic E-state index is 11.4. The van der Waals surface area contributed by atoms with E-state index in [2.05, 4.69) is 0 Å². The van der Waals surface area contributed by atoms with Crippen molar-refractivity contribution in [3.63, 3.8) is 0 Å². The molecule has 2 aromatic rings. The highest BCUT2D eigenvalue weighted by atomic mass is 32.2. The van der Waals surface area contributed by atoms with E-state index in [1.54, 1.807) is 14.0 Å². The summed E-state index contributed by atoms with van der Waals surface area (Å²) < 4.78 is 4.26. The molecule has 0 amide bonds.